The van der Waals surface area contributed by atoms with Crippen molar-refractivity contribution in [2.45, 2.75) is 0 Å². The highest BCUT2D eigenvalue weighted by atomic mass is 79.9. The highest BCUT2D eigenvalue weighted by molar-refractivity contribution is 9.10. The van der Waals surface area contributed by atoms with Crippen LogP contribution in [0.15, 0.2) is 28.9 Å². The predicted molar refractivity (Wildman–Crippen MR) is 63.8 cm³/mol. The zero-order valence-electron chi connectivity index (χ0n) is 7.49. The van der Waals surface area contributed by atoms with E-state index < -0.39 is 0 Å². The number of nitrogens with zero attached hydrogens (tertiary/aromatic N) is 2. The summed E-state index contributed by atoms with van der Waals surface area (Å²) in [5.41, 5.74) is 2.45. The summed E-state index contributed by atoms with van der Waals surface area (Å²) in [7, 11) is 2.07. The van der Waals surface area contributed by atoms with E-state index in [0.29, 0.717) is 0 Å². The maximum absolute atomic E-state index is 4.30. The summed E-state index contributed by atoms with van der Waals surface area (Å²) < 4.78 is 8.68. The lowest BCUT2D eigenvalue weighted by atomic mass is 10.2. The molecule has 2 heterocycles. The summed E-state index contributed by atoms with van der Waals surface area (Å²) in [6.07, 6.45) is 0. The van der Waals surface area contributed by atoms with E-state index >= 15 is 0 Å². The number of hydrogen-bond acceptors (Lipinski definition) is 2. The third-order valence-corrected chi connectivity index (χ3v) is 4.13. The summed E-state index contributed by atoms with van der Waals surface area (Å²) in [6, 6.07) is 8.40. The Morgan fingerprint density at radius 3 is 3.00 bits per heavy atom. The van der Waals surface area contributed by atoms with Gasteiger partial charge in [-0.25, -0.2) is 0 Å². The van der Waals surface area contributed by atoms with Crippen molar-refractivity contribution in [2.75, 3.05) is 0 Å². The molecular formula is C10H7BrN2S. The van der Waals surface area contributed by atoms with Crippen molar-refractivity contribution < 1.29 is 0 Å². The molecule has 0 saturated carbocycles. The maximum Gasteiger partial charge on any atom is 0.144 e. The molecule has 0 saturated heterocycles. The number of aromatic nitrogens is 2. The molecule has 0 spiro atoms. The SMILES string of the molecule is Cn1c2ccccc2c2snc(Br)c21. The molecule has 0 fully saturated rings. The molecule has 0 aliphatic carbocycles. The number of rotatable bonds is 0. The Labute approximate surface area is 93.4 Å². The Morgan fingerprint density at radius 2 is 2.14 bits per heavy atom. The lowest BCUT2D eigenvalue weighted by molar-refractivity contribution is 1.01. The standard InChI is InChI=1S/C10H7BrN2S/c1-13-7-5-3-2-4-6(7)9-8(13)10(11)12-14-9/h2-5H,1H3. The summed E-state index contributed by atoms with van der Waals surface area (Å²) in [4.78, 5) is 0. The number of fused-ring (bicyclic) bond motifs is 3. The number of aryl methyl sites for hydroxylation is 1. The van der Waals surface area contributed by atoms with Crippen molar-refractivity contribution >= 4 is 48.6 Å². The molecule has 0 N–H and O–H groups in total. The van der Waals surface area contributed by atoms with Gasteiger partial charge in [-0.2, -0.15) is 4.37 Å². The van der Waals surface area contributed by atoms with Crippen LogP contribution in [0.2, 0.25) is 0 Å². The molecule has 1 aromatic carbocycles. The second-order valence-corrected chi connectivity index (χ2v) is 4.75. The molecule has 0 aliphatic rings. The molecule has 14 heavy (non-hydrogen) atoms. The van der Waals surface area contributed by atoms with E-state index in [1.807, 2.05) is 0 Å². The van der Waals surface area contributed by atoms with Crippen molar-refractivity contribution in [1.29, 1.82) is 0 Å². The van der Waals surface area contributed by atoms with Crippen LogP contribution in [-0.2, 0) is 7.05 Å². The Hall–Kier alpha value is -0.870. The van der Waals surface area contributed by atoms with Gasteiger partial charge in [-0.1, -0.05) is 18.2 Å². The van der Waals surface area contributed by atoms with Crippen molar-refractivity contribution in [3.05, 3.63) is 28.9 Å². The van der Waals surface area contributed by atoms with Crippen molar-refractivity contribution in [3.8, 4) is 0 Å². The summed E-state index contributed by atoms with van der Waals surface area (Å²) in [5, 5.41) is 1.29. The van der Waals surface area contributed by atoms with Gasteiger partial charge in [0.1, 0.15) is 4.60 Å². The van der Waals surface area contributed by atoms with Gasteiger partial charge in [-0.15, -0.1) is 0 Å². The smallest absolute Gasteiger partial charge is 0.144 e. The van der Waals surface area contributed by atoms with E-state index in [1.165, 1.54) is 21.1 Å². The molecule has 0 unspecified atom stereocenters. The second-order valence-electron chi connectivity index (χ2n) is 3.23. The first-order chi connectivity index (χ1) is 6.79. The second kappa shape index (κ2) is 2.81. The van der Waals surface area contributed by atoms with E-state index in [9.17, 15) is 0 Å². The van der Waals surface area contributed by atoms with Crippen LogP contribution in [0.5, 0.6) is 0 Å². The summed E-state index contributed by atoms with van der Waals surface area (Å²) in [5.74, 6) is 0. The summed E-state index contributed by atoms with van der Waals surface area (Å²) in [6.45, 7) is 0. The van der Waals surface area contributed by atoms with Gasteiger partial charge >= 0.3 is 0 Å². The van der Waals surface area contributed by atoms with Gasteiger partial charge in [0.05, 0.1) is 10.2 Å². The molecule has 4 heteroatoms. The van der Waals surface area contributed by atoms with Gasteiger partial charge in [0.25, 0.3) is 0 Å². The average Bonchev–Trinajstić information content (AvgIpc) is 2.70. The number of halogens is 1. The minimum atomic E-state index is 0.941. The van der Waals surface area contributed by atoms with Crippen LogP contribution in [0.1, 0.15) is 0 Å². The van der Waals surface area contributed by atoms with Crippen molar-refractivity contribution in [2.24, 2.45) is 7.05 Å². The largest absolute Gasteiger partial charge is 0.341 e. The fourth-order valence-corrected chi connectivity index (χ4v) is 3.47. The van der Waals surface area contributed by atoms with E-state index in [0.717, 1.165) is 4.60 Å². The molecule has 70 valence electrons. The number of hydrogen-bond donors (Lipinski definition) is 0. The van der Waals surface area contributed by atoms with Gasteiger partial charge in [0, 0.05) is 18.0 Å². The molecule has 0 amide bonds. The molecule has 2 aromatic heterocycles. The molecule has 0 bridgehead atoms. The fraction of sp³-hybridized carbons (Fsp3) is 0.100. The van der Waals surface area contributed by atoms with Crippen LogP contribution in [0.25, 0.3) is 21.1 Å². The normalized spacial score (nSPS) is 11.6. The Morgan fingerprint density at radius 1 is 1.36 bits per heavy atom. The fourth-order valence-electron chi connectivity index (χ4n) is 1.81. The van der Waals surface area contributed by atoms with Crippen LogP contribution in [-0.4, -0.2) is 8.94 Å². The van der Waals surface area contributed by atoms with Crippen LogP contribution in [0.4, 0.5) is 0 Å². The average molecular weight is 267 g/mol. The van der Waals surface area contributed by atoms with Gasteiger partial charge < -0.3 is 4.57 Å². The van der Waals surface area contributed by atoms with Gasteiger partial charge in [-0.3, -0.25) is 0 Å². The molecule has 2 nitrogen and oxygen atoms in total. The lowest BCUT2D eigenvalue weighted by Gasteiger charge is -1.95. The molecular weight excluding hydrogens is 260 g/mol. The molecule has 3 rings (SSSR count). The van der Waals surface area contributed by atoms with E-state index in [-0.39, 0.29) is 0 Å². The zero-order valence-corrected chi connectivity index (χ0v) is 9.89. The van der Waals surface area contributed by atoms with Gasteiger partial charge in [0.15, 0.2) is 0 Å². The maximum atomic E-state index is 4.30. The predicted octanol–water partition coefficient (Wildman–Crippen LogP) is 3.55. The van der Waals surface area contributed by atoms with Crippen molar-refractivity contribution in [3.63, 3.8) is 0 Å². The minimum absolute atomic E-state index is 0.941. The topological polar surface area (TPSA) is 17.8 Å². The molecule has 0 atom stereocenters. The van der Waals surface area contributed by atoms with Crippen LogP contribution < -0.4 is 0 Å². The quantitative estimate of drug-likeness (QED) is 0.609. The van der Waals surface area contributed by atoms with E-state index in [2.05, 4.69) is 56.2 Å². The Bertz CT molecular complexity index is 623. The first-order valence-corrected chi connectivity index (χ1v) is 5.84. The first kappa shape index (κ1) is 8.44. The first-order valence-electron chi connectivity index (χ1n) is 4.27. The molecule has 3 aromatic rings. The number of benzene rings is 1. The highest BCUT2D eigenvalue weighted by Crippen LogP contribution is 2.35. The highest BCUT2D eigenvalue weighted by Gasteiger charge is 2.12. The van der Waals surface area contributed by atoms with E-state index in [1.54, 1.807) is 11.5 Å². The lowest BCUT2D eigenvalue weighted by Crippen LogP contribution is -1.85. The third-order valence-electron chi connectivity index (χ3n) is 2.47. The summed E-state index contributed by atoms with van der Waals surface area (Å²) >= 11 is 5.02. The molecule has 0 aliphatic heterocycles. The van der Waals surface area contributed by atoms with Crippen LogP contribution in [0, 0.1) is 0 Å². The molecule has 0 radical (unpaired) electrons. The Kier molecular flexibility index (Phi) is 1.69. The van der Waals surface area contributed by atoms with E-state index in [4.69, 9.17) is 0 Å². The monoisotopic (exact) mass is 266 g/mol. The van der Waals surface area contributed by atoms with Crippen LogP contribution in [0.3, 0.4) is 0 Å². The minimum Gasteiger partial charge on any atom is -0.341 e. The Balaban J connectivity index is 2.69. The number of para-hydroxylation sites is 1. The van der Waals surface area contributed by atoms with Gasteiger partial charge in [0.2, 0.25) is 0 Å². The third kappa shape index (κ3) is 0.925. The van der Waals surface area contributed by atoms with Gasteiger partial charge in [-0.05, 0) is 33.5 Å². The van der Waals surface area contributed by atoms with Crippen molar-refractivity contribution in [1.82, 2.24) is 8.94 Å². The van der Waals surface area contributed by atoms with Crippen LogP contribution >= 0.6 is 27.5 Å². The zero-order chi connectivity index (χ0) is 9.71.